The van der Waals surface area contributed by atoms with Crippen molar-refractivity contribution in [2.75, 3.05) is 13.2 Å². The second kappa shape index (κ2) is 11.3. The number of aromatic nitrogens is 3. The van der Waals surface area contributed by atoms with E-state index in [0.29, 0.717) is 30.8 Å². The number of aliphatic imine (C=N–C) groups is 1. The Balaban J connectivity index is 0.00000300. The zero-order valence-corrected chi connectivity index (χ0v) is 19.5. The molecule has 160 valence electrons. The fourth-order valence-corrected chi connectivity index (χ4v) is 2.82. The van der Waals surface area contributed by atoms with E-state index >= 15 is 0 Å². The van der Waals surface area contributed by atoms with Gasteiger partial charge in [-0.05, 0) is 57.2 Å². The molecule has 0 spiro atoms. The summed E-state index contributed by atoms with van der Waals surface area (Å²) in [7, 11) is 0. The Kier molecular flexibility index (Phi) is 9.12. The normalized spacial score (nSPS) is 14.8. The molecule has 2 aromatic rings. The van der Waals surface area contributed by atoms with E-state index in [-0.39, 0.29) is 35.8 Å². The first-order valence-electron chi connectivity index (χ1n) is 9.94. The van der Waals surface area contributed by atoms with Crippen LogP contribution in [-0.4, -0.2) is 33.9 Å². The zero-order valence-electron chi connectivity index (χ0n) is 17.2. The summed E-state index contributed by atoms with van der Waals surface area (Å²) in [4.78, 5) is 4.58. The van der Waals surface area contributed by atoms with Gasteiger partial charge in [-0.25, -0.2) is 9.38 Å². The van der Waals surface area contributed by atoms with Gasteiger partial charge in [0.05, 0.1) is 12.6 Å². The number of ether oxygens (including phenoxy) is 1. The van der Waals surface area contributed by atoms with Gasteiger partial charge in [-0.1, -0.05) is 6.07 Å². The molecule has 0 radical (unpaired) electrons. The van der Waals surface area contributed by atoms with E-state index in [1.807, 2.05) is 31.4 Å². The van der Waals surface area contributed by atoms with E-state index in [0.717, 1.165) is 24.5 Å². The van der Waals surface area contributed by atoms with Crippen LogP contribution in [0.15, 0.2) is 29.5 Å². The molecular formula is C20H30FIN6O. The number of hydrogen-bond donors (Lipinski definition) is 2. The molecule has 9 heteroatoms. The number of nitrogens with zero attached hydrogens (tertiary/aromatic N) is 4. The van der Waals surface area contributed by atoms with Gasteiger partial charge in [-0.3, -0.25) is 0 Å². The maximum Gasteiger partial charge on any atom is 0.192 e. The minimum Gasteiger partial charge on any atom is -0.490 e. The molecular weight excluding hydrogens is 486 g/mol. The SMILES string of the molecule is CCNC(=NCc1nncn1CC)NC(C)c1ccc(OCC2CC2)c(F)c1.I. The maximum absolute atomic E-state index is 14.4. The first-order valence-corrected chi connectivity index (χ1v) is 9.94. The van der Waals surface area contributed by atoms with Gasteiger partial charge in [0.1, 0.15) is 12.9 Å². The second-order valence-corrected chi connectivity index (χ2v) is 7.04. The first kappa shape index (κ1) is 23.4. The third-order valence-corrected chi connectivity index (χ3v) is 4.74. The molecule has 1 aromatic heterocycles. The van der Waals surface area contributed by atoms with Crippen LogP contribution in [-0.2, 0) is 13.1 Å². The molecule has 1 saturated carbocycles. The Bertz CT molecular complexity index is 808. The van der Waals surface area contributed by atoms with E-state index in [1.54, 1.807) is 12.4 Å². The van der Waals surface area contributed by atoms with Crippen LogP contribution in [0.3, 0.4) is 0 Å². The van der Waals surface area contributed by atoms with Gasteiger partial charge in [0, 0.05) is 13.1 Å². The average molecular weight is 516 g/mol. The summed E-state index contributed by atoms with van der Waals surface area (Å²) in [5.41, 5.74) is 0.832. The van der Waals surface area contributed by atoms with Crippen LogP contribution in [0.5, 0.6) is 5.75 Å². The van der Waals surface area contributed by atoms with Crippen molar-refractivity contribution in [3.8, 4) is 5.75 Å². The van der Waals surface area contributed by atoms with E-state index < -0.39 is 0 Å². The van der Waals surface area contributed by atoms with Crippen molar-refractivity contribution in [3.63, 3.8) is 0 Å². The standard InChI is InChI=1S/C20H29FN6O.HI/c1-4-22-20(23-11-19-26-24-13-27(19)5-2)25-14(3)16-8-9-18(17(21)10-16)28-12-15-6-7-15;/h8-10,13-15H,4-7,11-12H2,1-3H3,(H2,22,23,25);1H. The third kappa shape index (κ3) is 6.83. The number of nitrogens with one attached hydrogen (secondary N) is 2. The highest BCUT2D eigenvalue weighted by molar-refractivity contribution is 14.0. The van der Waals surface area contributed by atoms with Crippen LogP contribution < -0.4 is 15.4 Å². The minimum absolute atomic E-state index is 0. The monoisotopic (exact) mass is 516 g/mol. The van der Waals surface area contributed by atoms with E-state index in [2.05, 4.69) is 25.8 Å². The van der Waals surface area contributed by atoms with Crippen molar-refractivity contribution in [2.24, 2.45) is 10.9 Å². The predicted octanol–water partition coefficient (Wildman–Crippen LogP) is 3.66. The molecule has 1 aromatic carbocycles. The average Bonchev–Trinajstić information content (AvgIpc) is 3.41. The van der Waals surface area contributed by atoms with Gasteiger partial charge >= 0.3 is 0 Å². The van der Waals surface area contributed by atoms with Crippen molar-refractivity contribution >= 4 is 29.9 Å². The number of halogens is 2. The molecule has 0 aliphatic heterocycles. The Morgan fingerprint density at radius 3 is 2.83 bits per heavy atom. The summed E-state index contributed by atoms with van der Waals surface area (Å²) >= 11 is 0. The van der Waals surface area contributed by atoms with Crippen LogP contribution in [0.25, 0.3) is 0 Å². The van der Waals surface area contributed by atoms with Crippen molar-refractivity contribution in [3.05, 3.63) is 41.7 Å². The largest absolute Gasteiger partial charge is 0.490 e. The van der Waals surface area contributed by atoms with Gasteiger partial charge < -0.3 is 19.9 Å². The Hall–Kier alpha value is -1.91. The molecule has 0 bridgehead atoms. The quantitative estimate of drug-likeness (QED) is 0.302. The molecule has 1 heterocycles. The second-order valence-electron chi connectivity index (χ2n) is 7.04. The topological polar surface area (TPSA) is 76.4 Å². The Morgan fingerprint density at radius 1 is 1.38 bits per heavy atom. The van der Waals surface area contributed by atoms with Crippen molar-refractivity contribution < 1.29 is 9.13 Å². The lowest BCUT2D eigenvalue weighted by Gasteiger charge is -2.19. The lowest BCUT2D eigenvalue weighted by atomic mass is 10.1. The smallest absolute Gasteiger partial charge is 0.192 e. The molecule has 0 amide bonds. The highest BCUT2D eigenvalue weighted by Crippen LogP contribution is 2.30. The molecule has 1 atom stereocenters. The minimum atomic E-state index is -0.329. The van der Waals surface area contributed by atoms with Crippen LogP contribution in [0, 0.1) is 11.7 Å². The fourth-order valence-electron chi connectivity index (χ4n) is 2.82. The highest BCUT2D eigenvalue weighted by Gasteiger charge is 2.22. The maximum atomic E-state index is 14.4. The van der Waals surface area contributed by atoms with Gasteiger partial charge in [0.15, 0.2) is 23.4 Å². The number of rotatable bonds is 9. The number of guanidine groups is 1. The van der Waals surface area contributed by atoms with Crippen LogP contribution >= 0.6 is 24.0 Å². The summed E-state index contributed by atoms with van der Waals surface area (Å²) in [5.74, 6) is 2.04. The van der Waals surface area contributed by atoms with Gasteiger partial charge in [-0.15, -0.1) is 34.2 Å². The molecule has 1 unspecified atom stereocenters. The lowest BCUT2D eigenvalue weighted by Crippen LogP contribution is -2.38. The number of benzene rings is 1. The first-order chi connectivity index (χ1) is 13.6. The van der Waals surface area contributed by atoms with Gasteiger partial charge in [0.2, 0.25) is 0 Å². The molecule has 0 saturated heterocycles. The van der Waals surface area contributed by atoms with E-state index in [1.165, 1.54) is 18.9 Å². The third-order valence-electron chi connectivity index (χ3n) is 4.74. The van der Waals surface area contributed by atoms with Crippen molar-refractivity contribution in [1.82, 2.24) is 25.4 Å². The summed E-state index contributed by atoms with van der Waals surface area (Å²) in [6, 6.07) is 5.00. The molecule has 3 rings (SSSR count). The molecule has 1 aliphatic carbocycles. The van der Waals surface area contributed by atoms with E-state index in [4.69, 9.17) is 4.74 Å². The van der Waals surface area contributed by atoms with Gasteiger partial charge in [0.25, 0.3) is 0 Å². The lowest BCUT2D eigenvalue weighted by molar-refractivity contribution is 0.285. The Morgan fingerprint density at radius 2 is 2.17 bits per heavy atom. The number of hydrogen-bond acceptors (Lipinski definition) is 4. The van der Waals surface area contributed by atoms with Crippen LogP contribution in [0.2, 0.25) is 0 Å². The molecule has 1 fully saturated rings. The Labute approximate surface area is 188 Å². The van der Waals surface area contributed by atoms with Crippen LogP contribution in [0.1, 0.15) is 51.0 Å². The number of aryl methyl sites for hydroxylation is 1. The van der Waals surface area contributed by atoms with Crippen molar-refractivity contribution in [2.45, 2.75) is 52.7 Å². The highest BCUT2D eigenvalue weighted by atomic mass is 127. The summed E-state index contributed by atoms with van der Waals surface area (Å²) < 4.78 is 21.9. The van der Waals surface area contributed by atoms with Crippen LogP contribution in [0.4, 0.5) is 4.39 Å². The predicted molar refractivity (Wildman–Crippen MR) is 122 cm³/mol. The molecule has 1 aliphatic rings. The summed E-state index contributed by atoms with van der Waals surface area (Å²) in [6.07, 6.45) is 4.06. The van der Waals surface area contributed by atoms with Crippen molar-refractivity contribution in [1.29, 1.82) is 0 Å². The summed E-state index contributed by atoms with van der Waals surface area (Å²) in [6.45, 7) is 8.55. The zero-order chi connectivity index (χ0) is 19.9. The molecule has 2 N–H and O–H groups in total. The molecule has 29 heavy (non-hydrogen) atoms. The molecule has 7 nitrogen and oxygen atoms in total. The van der Waals surface area contributed by atoms with E-state index in [9.17, 15) is 4.39 Å². The summed E-state index contributed by atoms with van der Waals surface area (Å²) in [5, 5.41) is 14.5. The van der Waals surface area contributed by atoms with Gasteiger partial charge in [-0.2, -0.15) is 0 Å². The fraction of sp³-hybridized carbons (Fsp3) is 0.550.